The van der Waals surface area contributed by atoms with Gasteiger partial charge in [-0.2, -0.15) is 0 Å². The minimum atomic E-state index is -0.466. The number of aryl methyl sites for hydroxylation is 1. The van der Waals surface area contributed by atoms with Crippen molar-refractivity contribution in [2.75, 3.05) is 11.9 Å². The van der Waals surface area contributed by atoms with Crippen molar-refractivity contribution in [2.24, 2.45) is 0 Å². The molecule has 0 bridgehead atoms. The molecule has 2 atom stereocenters. The number of hydrogen-bond donors (Lipinski definition) is 2. The summed E-state index contributed by atoms with van der Waals surface area (Å²) < 4.78 is 0. The summed E-state index contributed by atoms with van der Waals surface area (Å²) in [6, 6.07) is 10.4. The van der Waals surface area contributed by atoms with Crippen LogP contribution < -0.4 is 5.32 Å². The van der Waals surface area contributed by atoms with Crippen LogP contribution in [-0.4, -0.2) is 16.6 Å². The average molecular weight is 266 g/mol. The Morgan fingerprint density at radius 3 is 3.00 bits per heavy atom. The van der Waals surface area contributed by atoms with Crippen molar-refractivity contribution < 1.29 is 5.11 Å². The summed E-state index contributed by atoms with van der Waals surface area (Å²) in [4.78, 5) is 4.50. The first-order valence-electron chi connectivity index (χ1n) is 7.32. The molecule has 0 radical (unpaired) electrons. The summed E-state index contributed by atoms with van der Waals surface area (Å²) >= 11 is 0. The minimum absolute atomic E-state index is 0.125. The van der Waals surface area contributed by atoms with E-state index >= 15 is 0 Å². The van der Waals surface area contributed by atoms with E-state index in [1.54, 1.807) is 0 Å². The normalized spacial score (nSPS) is 21.1. The molecule has 0 saturated heterocycles. The van der Waals surface area contributed by atoms with Crippen molar-refractivity contribution in [2.45, 2.75) is 31.3 Å². The van der Waals surface area contributed by atoms with E-state index in [1.807, 2.05) is 18.3 Å². The van der Waals surface area contributed by atoms with Crippen LogP contribution in [0, 0.1) is 0 Å². The van der Waals surface area contributed by atoms with Gasteiger partial charge in [0, 0.05) is 35.6 Å². The van der Waals surface area contributed by atoms with Crippen LogP contribution in [0.25, 0.3) is 0 Å². The molecule has 2 aromatic rings. The van der Waals surface area contributed by atoms with Crippen molar-refractivity contribution in [1.82, 2.24) is 4.98 Å². The quantitative estimate of drug-likeness (QED) is 0.878. The monoisotopic (exact) mass is 266 g/mol. The van der Waals surface area contributed by atoms with Gasteiger partial charge in [-0.15, -0.1) is 0 Å². The van der Waals surface area contributed by atoms with E-state index in [0.717, 1.165) is 42.8 Å². The second kappa shape index (κ2) is 4.60. The summed E-state index contributed by atoms with van der Waals surface area (Å²) in [7, 11) is 0. The van der Waals surface area contributed by atoms with Crippen LogP contribution >= 0.6 is 0 Å². The maximum Gasteiger partial charge on any atom is 0.0893 e. The van der Waals surface area contributed by atoms with Gasteiger partial charge in [0.2, 0.25) is 0 Å². The number of benzene rings is 1. The molecule has 1 aliphatic carbocycles. The Morgan fingerprint density at radius 2 is 2.05 bits per heavy atom. The molecule has 2 heterocycles. The SMILES string of the molecule is OC(c1cccc2c1NCC2)C1CCc2cccnc21. The Morgan fingerprint density at radius 1 is 1.15 bits per heavy atom. The average Bonchev–Trinajstić information content (AvgIpc) is 3.12. The Balaban J connectivity index is 1.73. The zero-order valence-electron chi connectivity index (χ0n) is 11.3. The number of aliphatic hydroxyl groups excluding tert-OH is 1. The van der Waals surface area contributed by atoms with E-state index < -0.39 is 6.10 Å². The van der Waals surface area contributed by atoms with Gasteiger partial charge < -0.3 is 10.4 Å². The standard InChI is InChI=1S/C17H18N2O/c20-17(13-5-1-3-12-8-10-19-16(12)13)14-7-6-11-4-2-9-18-15(11)14/h1-5,9,14,17,19-20H,6-8,10H2. The first-order chi connectivity index (χ1) is 9.84. The third kappa shape index (κ3) is 1.74. The predicted molar refractivity (Wildman–Crippen MR) is 78.9 cm³/mol. The minimum Gasteiger partial charge on any atom is -0.388 e. The van der Waals surface area contributed by atoms with Crippen LogP contribution in [0.1, 0.15) is 40.8 Å². The number of aromatic nitrogens is 1. The topological polar surface area (TPSA) is 45.1 Å². The molecule has 0 spiro atoms. The zero-order valence-corrected chi connectivity index (χ0v) is 11.3. The predicted octanol–water partition coefficient (Wildman–Crippen LogP) is 2.81. The summed E-state index contributed by atoms with van der Waals surface area (Å²) in [6.07, 6.45) is 4.42. The van der Waals surface area contributed by atoms with E-state index in [2.05, 4.69) is 28.5 Å². The summed E-state index contributed by atoms with van der Waals surface area (Å²) in [6.45, 7) is 0.971. The Hall–Kier alpha value is -1.87. The molecule has 102 valence electrons. The first kappa shape index (κ1) is 11.9. The van der Waals surface area contributed by atoms with Crippen LogP contribution in [0.3, 0.4) is 0 Å². The molecule has 1 aliphatic heterocycles. The molecule has 2 N–H and O–H groups in total. The maximum absolute atomic E-state index is 10.9. The highest BCUT2D eigenvalue weighted by atomic mass is 16.3. The Labute approximate surface area is 118 Å². The van der Waals surface area contributed by atoms with Gasteiger partial charge in [-0.25, -0.2) is 0 Å². The van der Waals surface area contributed by atoms with Gasteiger partial charge in [0.05, 0.1) is 6.10 Å². The fraction of sp³-hybridized carbons (Fsp3) is 0.353. The van der Waals surface area contributed by atoms with Crippen LogP contribution in [0.2, 0.25) is 0 Å². The molecule has 2 aliphatic rings. The number of fused-ring (bicyclic) bond motifs is 2. The lowest BCUT2D eigenvalue weighted by atomic mass is 9.91. The fourth-order valence-electron chi connectivity index (χ4n) is 3.58. The molecule has 1 aromatic heterocycles. The van der Waals surface area contributed by atoms with Crippen molar-refractivity contribution in [1.29, 1.82) is 0 Å². The number of rotatable bonds is 2. The zero-order chi connectivity index (χ0) is 13.5. The van der Waals surface area contributed by atoms with Gasteiger partial charge in [0.25, 0.3) is 0 Å². The Kier molecular flexibility index (Phi) is 2.74. The summed E-state index contributed by atoms with van der Waals surface area (Å²) in [5, 5.41) is 14.3. The molecular formula is C17H18N2O. The van der Waals surface area contributed by atoms with Crippen LogP contribution in [0.4, 0.5) is 5.69 Å². The molecule has 2 unspecified atom stereocenters. The van der Waals surface area contributed by atoms with Gasteiger partial charge in [-0.1, -0.05) is 24.3 Å². The maximum atomic E-state index is 10.9. The van der Waals surface area contributed by atoms with E-state index in [0.29, 0.717) is 0 Å². The summed E-state index contributed by atoms with van der Waals surface area (Å²) in [5.74, 6) is 0.125. The number of nitrogens with zero attached hydrogens (tertiary/aromatic N) is 1. The van der Waals surface area contributed by atoms with E-state index in [9.17, 15) is 5.11 Å². The fourth-order valence-corrected chi connectivity index (χ4v) is 3.58. The van der Waals surface area contributed by atoms with Crippen LogP contribution in [-0.2, 0) is 12.8 Å². The van der Waals surface area contributed by atoms with Crippen molar-refractivity contribution in [3.63, 3.8) is 0 Å². The van der Waals surface area contributed by atoms with Gasteiger partial charge in [0.15, 0.2) is 0 Å². The van der Waals surface area contributed by atoms with E-state index in [1.165, 1.54) is 11.1 Å². The highest BCUT2D eigenvalue weighted by Gasteiger charge is 2.32. The molecule has 20 heavy (non-hydrogen) atoms. The van der Waals surface area contributed by atoms with Crippen molar-refractivity contribution in [3.8, 4) is 0 Å². The molecule has 0 amide bonds. The number of hydrogen-bond acceptors (Lipinski definition) is 3. The van der Waals surface area contributed by atoms with E-state index in [-0.39, 0.29) is 5.92 Å². The van der Waals surface area contributed by atoms with Crippen molar-refractivity contribution >= 4 is 5.69 Å². The van der Waals surface area contributed by atoms with Gasteiger partial charge >= 0.3 is 0 Å². The molecular weight excluding hydrogens is 248 g/mol. The highest BCUT2D eigenvalue weighted by molar-refractivity contribution is 5.62. The van der Waals surface area contributed by atoms with Crippen LogP contribution in [0.5, 0.6) is 0 Å². The third-order valence-electron chi connectivity index (χ3n) is 4.58. The molecule has 4 rings (SSSR count). The summed E-state index contributed by atoms with van der Waals surface area (Å²) in [5.41, 5.74) is 5.86. The van der Waals surface area contributed by atoms with Gasteiger partial charge in [-0.05, 0) is 36.5 Å². The number of pyridine rings is 1. The lowest BCUT2D eigenvalue weighted by Crippen LogP contribution is -2.11. The largest absolute Gasteiger partial charge is 0.388 e. The smallest absolute Gasteiger partial charge is 0.0893 e. The lowest BCUT2D eigenvalue weighted by molar-refractivity contribution is 0.144. The lowest BCUT2D eigenvalue weighted by Gasteiger charge is -2.21. The number of anilines is 1. The van der Waals surface area contributed by atoms with Gasteiger partial charge in [0.1, 0.15) is 0 Å². The molecule has 0 saturated carbocycles. The molecule has 0 fully saturated rings. The van der Waals surface area contributed by atoms with Crippen LogP contribution in [0.15, 0.2) is 36.5 Å². The third-order valence-corrected chi connectivity index (χ3v) is 4.58. The second-order valence-electron chi connectivity index (χ2n) is 5.70. The highest BCUT2D eigenvalue weighted by Crippen LogP contribution is 2.43. The number of aliphatic hydroxyl groups is 1. The molecule has 3 nitrogen and oxygen atoms in total. The van der Waals surface area contributed by atoms with Crippen molar-refractivity contribution in [3.05, 3.63) is 58.9 Å². The number of nitrogens with one attached hydrogen (secondary N) is 1. The molecule has 1 aromatic carbocycles. The Bertz CT molecular complexity index is 653. The number of para-hydroxylation sites is 1. The molecule has 3 heteroatoms. The second-order valence-corrected chi connectivity index (χ2v) is 5.70. The van der Waals surface area contributed by atoms with E-state index in [4.69, 9.17) is 0 Å². The first-order valence-corrected chi connectivity index (χ1v) is 7.32. The van der Waals surface area contributed by atoms with Gasteiger partial charge in [-0.3, -0.25) is 4.98 Å².